The molecule has 4 heteroatoms. The fraction of sp³-hybridized carbons (Fsp3) is 0.684. The number of rotatable bonds is 5. The van der Waals surface area contributed by atoms with Crippen LogP contribution in [0.3, 0.4) is 0 Å². The van der Waals surface area contributed by atoms with Gasteiger partial charge in [0.25, 0.3) is 0 Å². The summed E-state index contributed by atoms with van der Waals surface area (Å²) in [5.74, 6) is 1.80. The van der Waals surface area contributed by atoms with Gasteiger partial charge in [0.1, 0.15) is 5.75 Å². The number of hydrogen-bond donors (Lipinski definition) is 0. The molecule has 0 spiro atoms. The third-order valence-electron chi connectivity index (χ3n) is 4.87. The molecule has 0 radical (unpaired) electrons. The Bertz CT molecular complexity index is 457. The van der Waals surface area contributed by atoms with Crippen molar-refractivity contribution in [1.29, 1.82) is 0 Å². The zero-order valence-electron chi connectivity index (χ0n) is 14.2. The van der Waals surface area contributed by atoms with Crippen LogP contribution in [-0.2, 0) is 14.2 Å². The molecule has 3 rings (SSSR count). The fourth-order valence-corrected chi connectivity index (χ4v) is 3.47. The van der Waals surface area contributed by atoms with Crippen LogP contribution in [0.5, 0.6) is 5.75 Å². The Morgan fingerprint density at radius 2 is 1.74 bits per heavy atom. The third kappa shape index (κ3) is 4.25. The van der Waals surface area contributed by atoms with Gasteiger partial charge in [-0.05, 0) is 37.0 Å². The quantitative estimate of drug-likeness (QED) is 0.823. The summed E-state index contributed by atoms with van der Waals surface area (Å²) in [5, 5.41) is 0. The van der Waals surface area contributed by atoms with Gasteiger partial charge in [0, 0.05) is 11.8 Å². The molecule has 2 saturated heterocycles. The average Bonchev–Trinajstić information content (AvgIpc) is 2.63. The highest BCUT2D eigenvalue weighted by molar-refractivity contribution is 5.28. The van der Waals surface area contributed by atoms with E-state index in [-0.39, 0.29) is 12.4 Å². The van der Waals surface area contributed by atoms with Crippen LogP contribution in [0.15, 0.2) is 24.3 Å². The summed E-state index contributed by atoms with van der Waals surface area (Å²) in [6, 6.07) is 8.16. The summed E-state index contributed by atoms with van der Waals surface area (Å²) in [5.41, 5.74) is 1.22. The standard InChI is InChI=1S/C19H28O4/c1-3-4-14-11-22-19(23-12-14)16-7-10-18(21-13-16)15-5-8-17(20-2)9-6-15/h5-6,8-9,14,16,18-19H,3-4,7,10-13H2,1-2H3/t14?,16-,18+,19?/m0/s1. The Morgan fingerprint density at radius 3 is 2.30 bits per heavy atom. The topological polar surface area (TPSA) is 36.9 Å². The van der Waals surface area contributed by atoms with Gasteiger partial charge in [-0.2, -0.15) is 0 Å². The van der Waals surface area contributed by atoms with Gasteiger partial charge < -0.3 is 18.9 Å². The van der Waals surface area contributed by atoms with Gasteiger partial charge in [0.05, 0.1) is 33.0 Å². The molecule has 2 fully saturated rings. The Hall–Kier alpha value is -1.10. The molecule has 0 aromatic heterocycles. The second-order valence-electron chi connectivity index (χ2n) is 6.62. The van der Waals surface area contributed by atoms with Crippen LogP contribution in [-0.4, -0.2) is 33.2 Å². The van der Waals surface area contributed by atoms with Gasteiger partial charge in [-0.15, -0.1) is 0 Å². The largest absolute Gasteiger partial charge is 0.497 e. The van der Waals surface area contributed by atoms with Gasteiger partial charge in [-0.25, -0.2) is 0 Å². The van der Waals surface area contributed by atoms with E-state index in [0.717, 1.165) is 31.8 Å². The van der Waals surface area contributed by atoms with Crippen LogP contribution in [0.1, 0.15) is 44.3 Å². The van der Waals surface area contributed by atoms with Crippen molar-refractivity contribution in [2.75, 3.05) is 26.9 Å². The number of benzene rings is 1. The maximum atomic E-state index is 6.08. The van der Waals surface area contributed by atoms with Crippen molar-refractivity contribution in [3.63, 3.8) is 0 Å². The lowest BCUT2D eigenvalue weighted by Crippen LogP contribution is -2.40. The van der Waals surface area contributed by atoms with E-state index in [2.05, 4.69) is 19.1 Å². The van der Waals surface area contributed by atoms with Crippen LogP contribution >= 0.6 is 0 Å². The predicted octanol–water partition coefficient (Wildman–Crippen LogP) is 3.95. The SMILES string of the molecule is CCCC1COC([C@H]2CC[C@H](c3ccc(OC)cc3)OC2)OC1. The van der Waals surface area contributed by atoms with Gasteiger partial charge >= 0.3 is 0 Å². The molecule has 2 aliphatic rings. The molecule has 2 aliphatic heterocycles. The average molecular weight is 320 g/mol. The molecular formula is C19H28O4. The molecule has 0 unspecified atom stereocenters. The zero-order chi connectivity index (χ0) is 16.1. The van der Waals surface area contributed by atoms with Gasteiger partial charge in [0.2, 0.25) is 0 Å². The summed E-state index contributed by atoms with van der Waals surface area (Å²) in [6.45, 7) is 4.58. The molecule has 128 valence electrons. The van der Waals surface area contributed by atoms with Crippen LogP contribution < -0.4 is 4.74 Å². The van der Waals surface area contributed by atoms with E-state index in [1.165, 1.54) is 18.4 Å². The molecule has 2 heterocycles. The molecule has 1 aromatic rings. The highest BCUT2D eigenvalue weighted by Crippen LogP contribution is 2.34. The number of ether oxygens (including phenoxy) is 4. The molecule has 4 nitrogen and oxygen atoms in total. The van der Waals surface area contributed by atoms with Crippen molar-refractivity contribution in [2.45, 2.75) is 45.0 Å². The molecule has 0 bridgehead atoms. The van der Waals surface area contributed by atoms with Gasteiger partial charge in [-0.3, -0.25) is 0 Å². The minimum atomic E-state index is -0.0834. The van der Waals surface area contributed by atoms with Crippen molar-refractivity contribution in [2.24, 2.45) is 11.8 Å². The first-order valence-corrected chi connectivity index (χ1v) is 8.79. The van der Waals surface area contributed by atoms with E-state index in [9.17, 15) is 0 Å². The minimum absolute atomic E-state index is 0.0834. The highest BCUT2D eigenvalue weighted by Gasteiger charge is 2.33. The highest BCUT2D eigenvalue weighted by atomic mass is 16.7. The van der Waals surface area contributed by atoms with E-state index in [4.69, 9.17) is 18.9 Å². The summed E-state index contributed by atoms with van der Waals surface area (Å²) in [7, 11) is 1.69. The van der Waals surface area contributed by atoms with Gasteiger partial charge in [-0.1, -0.05) is 25.5 Å². The monoisotopic (exact) mass is 320 g/mol. The van der Waals surface area contributed by atoms with E-state index in [0.29, 0.717) is 18.4 Å². The van der Waals surface area contributed by atoms with Crippen molar-refractivity contribution >= 4 is 0 Å². The molecule has 23 heavy (non-hydrogen) atoms. The third-order valence-corrected chi connectivity index (χ3v) is 4.87. The van der Waals surface area contributed by atoms with Crippen molar-refractivity contribution in [3.05, 3.63) is 29.8 Å². The smallest absolute Gasteiger partial charge is 0.162 e. The number of hydrogen-bond acceptors (Lipinski definition) is 4. The lowest BCUT2D eigenvalue weighted by Gasteiger charge is -2.37. The maximum absolute atomic E-state index is 6.08. The van der Waals surface area contributed by atoms with Crippen molar-refractivity contribution in [1.82, 2.24) is 0 Å². The van der Waals surface area contributed by atoms with E-state index in [1.54, 1.807) is 7.11 Å². The summed E-state index contributed by atoms with van der Waals surface area (Å²) in [6.07, 6.45) is 4.57. The summed E-state index contributed by atoms with van der Waals surface area (Å²) >= 11 is 0. The van der Waals surface area contributed by atoms with Crippen LogP contribution in [0, 0.1) is 11.8 Å². The Kier molecular flexibility index (Phi) is 5.92. The first-order valence-electron chi connectivity index (χ1n) is 8.79. The second kappa shape index (κ2) is 8.13. The summed E-state index contributed by atoms with van der Waals surface area (Å²) < 4.78 is 23.2. The van der Waals surface area contributed by atoms with Gasteiger partial charge in [0.15, 0.2) is 6.29 Å². The molecule has 0 amide bonds. The van der Waals surface area contributed by atoms with Crippen molar-refractivity contribution < 1.29 is 18.9 Å². The van der Waals surface area contributed by atoms with E-state index < -0.39 is 0 Å². The molecule has 0 saturated carbocycles. The van der Waals surface area contributed by atoms with Crippen LogP contribution in [0.2, 0.25) is 0 Å². The summed E-state index contributed by atoms with van der Waals surface area (Å²) in [4.78, 5) is 0. The number of methoxy groups -OCH3 is 1. The fourth-order valence-electron chi connectivity index (χ4n) is 3.47. The minimum Gasteiger partial charge on any atom is -0.497 e. The first-order chi connectivity index (χ1) is 11.3. The Morgan fingerprint density at radius 1 is 1.00 bits per heavy atom. The van der Waals surface area contributed by atoms with Crippen LogP contribution in [0.4, 0.5) is 0 Å². The zero-order valence-corrected chi connectivity index (χ0v) is 14.2. The molecule has 0 aliphatic carbocycles. The normalized spacial score (nSPS) is 31.7. The first kappa shape index (κ1) is 16.7. The second-order valence-corrected chi connectivity index (χ2v) is 6.62. The lowest BCUT2D eigenvalue weighted by atomic mass is 9.93. The van der Waals surface area contributed by atoms with Crippen molar-refractivity contribution in [3.8, 4) is 5.75 Å². The van der Waals surface area contributed by atoms with E-state index >= 15 is 0 Å². The Balaban J connectivity index is 1.46. The predicted molar refractivity (Wildman–Crippen MR) is 88.5 cm³/mol. The lowest BCUT2D eigenvalue weighted by molar-refractivity contribution is -0.241. The molecule has 1 aromatic carbocycles. The molecule has 0 N–H and O–H groups in total. The Labute approximate surface area is 139 Å². The maximum Gasteiger partial charge on any atom is 0.162 e. The molecule has 2 atom stereocenters. The molecular weight excluding hydrogens is 292 g/mol. The van der Waals surface area contributed by atoms with E-state index in [1.807, 2.05) is 12.1 Å². The van der Waals surface area contributed by atoms with Crippen LogP contribution in [0.25, 0.3) is 0 Å².